The van der Waals surface area contributed by atoms with E-state index in [1.165, 1.54) is 0 Å². The molecule has 2 aromatic rings. The quantitative estimate of drug-likeness (QED) is 0.779. The van der Waals surface area contributed by atoms with Crippen molar-refractivity contribution in [2.24, 2.45) is 0 Å². The lowest BCUT2D eigenvalue weighted by Crippen LogP contribution is -2.16. The molecule has 0 aliphatic rings. The molecule has 0 saturated carbocycles. The highest BCUT2D eigenvalue weighted by Gasteiger charge is 2.14. The maximum atomic E-state index is 12.5. The van der Waals surface area contributed by atoms with Crippen LogP contribution in [-0.2, 0) is 6.42 Å². The van der Waals surface area contributed by atoms with Crippen LogP contribution in [0.5, 0.6) is 0 Å². The van der Waals surface area contributed by atoms with Gasteiger partial charge in [-0.3, -0.25) is 4.79 Å². The number of halogens is 2. The number of carbonyl (C=O) groups excluding carboxylic acids is 1. The summed E-state index contributed by atoms with van der Waals surface area (Å²) in [6.07, 6.45) is 2.49. The Morgan fingerprint density at radius 2 is 2.00 bits per heavy atom. The Morgan fingerprint density at radius 3 is 2.67 bits per heavy atom. The van der Waals surface area contributed by atoms with Crippen molar-refractivity contribution in [3.8, 4) is 0 Å². The summed E-state index contributed by atoms with van der Waals surface area (Å²) >= 11 is 6.78. The number of anilines is 2. The molecule has 0 aliphatic carbocycles. The van der Waals surface area contributed by atoms with Crippen molar-refractivity contribution in [3.05, 3.63) is 50.5 Å². The number of hydrogen-bond donors (Lipinski definition) is 2. The maximum Gasteiger partial charge on any atom is 0.259 e. The molecule has 0 fully saturated rings. The summed E-state index contributed by atoms with van der Waals surface area (Å²) in [5.41, 5.74) is 2.39. The van der Waals surface area contributed by atoms with E-state index in [4.69, 9.17) is 0 Å². The molecule has 2 N–H and O–H groups in total. The van der Waals surface area contributed by atoms with Crippen molar-refractivity contribution in [1.29, 1.82) is 0 Å². The molecule has 0 spiro atoms. The van der Waals surface area contributed by atoms with Crippen LogP contribution in [-0.4, -0.2) is 17.9 Å². The van der Waals surface area contributed by atoms with E-state index in [0.29, 0.717) is 11.4 Å². The lowest BCUT2D eigenvalue weighted by molar-refractivity contribution is 0.102. The Hall–Kier alpha value is -1.40. The molecule has 1 heterocycles. The van der Waals surface area contributed by atoms with Gasteiger partial charge in [0.25, 0.3) is 5.91 Å². The average molecular weight is 413 g/mol. The fourth-order valence-electron chi connectivity index (χ4n) is 1.98. The minimum absolute atomic E-state index is 0.190. The van der Waals surface area contributed by atoms with Crippen LogP contribution >= 0.6 is 31.9 Å². The summed E-state index contributed by atoms with van der Waals surface area (Å²) < 4.78 is 1.76. The fraction of sp³-hybridized carbons (Fsp3) is 0.200. The standard InChI is InChI=1S/C15H15Br2N3O/c1-3-9-6-10(16)4-5-13(9)20-15(21)12-7-11(17)8-19-14(12)18-2/h4-8H,3H2,1-2H3,(H,18,19)(H,20,21). The molecule has 2 rings (SSSR count). The van der Waals surface area contributed by atoms with E-state index in [0.717, 1.165) is 26.6 Å². The molecule has 1 amide bonds. The average Bonchev–Trinajstić information content (AvgIpc) is 2.48. The van der Waals surface area contributed by atoms with Crippen LogP contribution in [0.4, 0.5) is 11.5 Å². The van der Waals surface area contributed by atoms with E-state index in [1.54, 1.807) is 19.3 Å². The summed E-state index contributed by atoms with van der Waals surface area (Å²) in [5, 5.41) is 5.87. The SMILES string of the molecule is CCc1cc(Br)ccc1NC(=O)c1cc(Br)cnc1NC. The molecule has 0 unspecified atom stereocenters. The minimum Gasteiger partial charge on any atom is -0.372 e. The number of carbonyl (C=O) groups is 1. The smallest absolute Gasteiger partial charge is 0.259 e. The van der Waals surface area contributed by atoms with Gasteiger partial charge in [0.15, 0.2) is 0 Å². The van der Waals surface area contributed by atoms with Crippen LogP contribution in [0.3, 0.4) is 0 Å². The molecular formula is C15H15Br2N3O. The molecule has 0 atom stereocenters. The van der Waals surface area contributed by atoms with Crippen molar-refractivity contribution in [3.63, 3.8) is 0 Å². The maximum absolute atomic E-state index is 12.5. The van der Waals surface area contributed by atoms with Crippen molar-refractivity contribution < 1.29 is 4.79 Å². The topological polar surface area (TPSA) is 54.0 Å². The number of pyridine rings is 1. The molecule has 4 nitrogen and oxygen atoms in total. The van der Waals surface area contributed by atoms with E-state index in [2.05, 4.69) is 54.4 Å². The number of amides is 1. The molecule has 1 aromatic carbocycles. The third kappa shape index (κ3) is 3.83. The van der Waals surface area contributed by atoms with Crippen molar-refractivity contribution >= 4 is 49.3 Å². The first-order chi connectivity index (χ1) is 10.0. The predicted molar refractivity (Wildman–Crippen MR) is 93.0 cm³/mol. The molecule has 0 aliphatic heterocycles. The molecule has 0 radical (unpaired) electrons. The number of benzene rings is 1. The molecule has 6 heteroatoms. The van der Waals surface area contributed by atoms with Gasteiger partial charge in [0.2, 0.25) is 0 Å². The summed E-state index contributed by atoms with van der Waals surface area (Å²) in [5.74, 6) is 0.357. The third-order valence-corrected chi connectivity index (χ3v) is 3.96. The van der Waals surface area contributed by atoms with Crippen LogP contribution in [0.15, 0.2) is 39.4 Å². The summed E-state index contributed by atoms with van der Waals surface area (Å²) in [6, 6.07) is 7.56. The van der Waals surface area contributed by atoms with E-state index in [9.17, 15) is 4.79 Å². The van der Waals surface area contributed by atoms with Gasteiger partial charge in [-0.2, -0.15) is 0 Å². The first-order valence-electron chi connectivity index (χ1n) is 6.48. The van der Waals surface area contributed by atoms with Crippen LogP contribution < -0.4 is 10.6 Å². The van der Waals surface area contributed by atoms with Gasteiger partial charge in [-0.1, -0.05) is 22.9 Å². The Bertz CT molecular complexity index is 674. The fourth-order valence-corrected chi connectivity index (χ4v) is 2.72. The number of hydrogen-bond acceptors (Lipinski definition) is 3. The lowest BCUT2D eigenvalue weighted by Gasteiger charge is -2.12. The highest BCUT2D eigenvalue weighted by molar-refractivity contribution is 9.10. The van der Waals surface area contributed by atoms with Crippen LogP contribution in [0.1, 0.15) is 22.8 Å². The molecule has 1 aromatic heterocycles. The molecule has 21 heavy (non-hydrogen) atoms. The van der Waals surface area contributed by atoms with E-state index in [-0.39, 0.29) is 5.91 Å². The summed E-state index contributed by atoms with van der Waals surface area (Å²) in [7, 11) is 1.74. The first kappa shape index (κ1) is 16.0. The van der Waals surface area contributed by atoms with Crippen molar-refractivity contribution in [1.82, 2.24) is 4.98 Å². The zero-order chi connectivity index (χ0) is 15.4. The molecule has 0 bridgehead atoms. The van der Waals surface area contributed by atoms with Gasteiger partial charge in [0.05, 0.1) is 5.56 Å². The number of rotatable bonds is 4. The van der Waals surface area contributed by atoms with E-state index in [1.807, 2.05) is 18.2 Å². The van der Waals surface area contributed by atoms with Crippen LogP contribution in [0, 0.1) is 0 Å². The van der Waals surface area contributed by atoms with Gasteiger partial charge >= 0.3 is 0 Å². The molecule has 0 saturated heterocycles. The Balaban J connectivity index is 2.32. The monoisotopic (exact) mass is 411 g/mol. The largest absolute Gasteiger partial charge is 0.372 e. The number of aryl methyl sites for hydroxylation is 1. The molecule has 110 valence electrons. The van der Waals surface area contributed by atoms with Gasteiger partial charge in [0, 0.05) is 27.9 Å². The molecular weight excluding hydrogens is 398 g/mol. The van der Waals surface area contributed by atoms with Gasteiger partial charge < -0.3 is 10.6 Å². The highest BCUT2D eigenvalue weighted by atomic mass is 79.9. The van der Waals surface area contributed by atoms with Gasteiger partial charge in [-0.15, -0.1) is 0 Å². The van der Waals surface area contributed by atoms with Crippen LogP contribution in [0.2, 0.25) is 0 Å². The zero-order valence-electron chi connectivity index (χ0n) is 11.7. The summed E-state index contributed by atoms with van der Waals surface area (Å²) in [4.78, 5) is 16.7. The number of aromatic nitrogens is 1. The zero-order valence-corrected chi connectivity index (χ0v) is 14.9. The van der Waals surface area contributed by atoms with Gasteiger partial charge in [0.1, 0.15) is 5.82 Å². The summed E-state index contributed by atoms with van der Waals surface area (Å²) in [6.45, 7) is 2.05. The Kier molecular flexibility index (Phi) is 5.36. The van der Waals surface area contributed by atoms with Gasteiger partial charge in [-0.05, 0) is 52.2 Å². The van der Waals surface area contributed by atoms with Gasteiger partial charge in [-0.25, -0.2) is 4.98 Å². The van der Waals surface area contributed by atoms with Crippen LogP contribution in [0.25, 0.3) is 0 Å². The normalized spacial score (nSPS) is 10.3. The highest BCUT2D eigenvalue weighted by Crippen LogP contribution is 2.24. The second kappa shape index (κ2) is 7.04. The number of nitrogens with one attached hydrogen (secondary N) is 2. The predicted octanol–water partition coefficient (Wildman–Crippen LogP) is 4.46. The minimum atomic E-state index is -0.190. The second-order valence-electron chi connectivity index (χ2n) is 4.41. The first-order valence-corrected chi connectivity index (χ1v) is 8.06. The van der Waals surface area contributed by atoms with Crippen molar-refractivity contribution in [2.45, 2.75) is 13.3 Å². The Labute approximate surface area is 140 Å². The third-order valence-electron chi connectivity index (χ3n) is 3.03. The lowest BCUT2D eigenvalue weighted by atomic mass is 10.1. The Morgan fingerprint density at radius 1 is 1.24 bits per heavy atom. The van der Waals surface area contributed by atoms with Crippen molar-refractivity contribution in [2.75, 3.05) is 17.7 Å². The second-order valence-corrected chi connectivity index (χ2v) is 6.24. The number of nitrogens with zero attached hydrogens (tertiary/aromatic N) is 1. The van der Waals surface area contributed by atoms with E-state index >= 15 is 0 Å². The van der Waals surface area contributed by atoms with E-state index < -0.39 is 0 Å².